The monoisotopic (exact) mass is 375 g/mol. The Bertz CT molecular complexity index is 485. The van der Waals surface area contributed by atoms with Crippen molar-refractivity contribution in [1.82, 2.24) is 9.97 Å². The fourth-order valence-electron chi connectivity index (χ4n) is 2.21. The summed E-state index contributed by atoms with van der Waals surface area (Å²) < 4.78 is 22.0. The molecule has 1 N–H and O–H groups in total. The molecular formula is C17H30ClN3O4. The lowest BCUT2D eigenvalue weighted by molar-refractivity contribution is -0.137. The average Bonchev–Trinajstić information content (AvgIpc) is 2.57. The SMILES string of the molecule is CCOCCOCc1c(C)nc(Cl)nc1NCCC(OCC)OCC. The molecule has 0 atom stereocenters. The Morgan fingerprint density at radius 1 is 1.00 bits per heavy atom. The molecule has 0 fully saturated rings. The summed E-state index contributed by atoms with van der Waals surface area (Å²) in [6.07, 6.45) is 0.472. The Balaban J connectivity index is 2.60. The summed E-state index contributed by atoms with van der Waals surface area (Å²) in [6, 6.07) is 0. The molecule has 0 amide bonds. The summed E-state index contributed by atoms with van der Waals surface area (Å²) in [5.74, 6) is 0.681. The van der Waals surface area contributed by atoms with Gasteiger partial charge in [-0.25, -0.2) is 9.97 Å². The second-order valence-corrected chi connectivity index (χ2v) is 5.55. The van der Waals surface area contributed by atoms with E-state index in [1.54, 1.807) is 0 Å². The van der Waals surface area contributed by atoms with E-state index in [4.69, 9.17) is 30.5 Å². The maximum atomic E-state index is 5.99. The molecule has 0 aliphatic rings. The number of ether oxygens (including phenoxy) is 4. The zero-order chi connectivity index (χ0) is 18.5. The van der Waals surface area contributed by atoms with Gasteiger partial charge in [-0.15, -0.1) is 0 Å². The van der Waals surface area contributed by atoms with E-state index < -0.39 is 0 Å². The number of nitrogens with one attached hydrogen (secondary N) is 1. The van der Waals surface area contributed by atoms with E-state index in [1.165, 1.54) is 0 Å². The molecule has 0 saturated carbocycles. The molecule has 0 aliphatic heterocycles. The first kappa shape index (κ1) is 22.1. The number of hydrogen-bond donors (Lipinski definition) is 1. The number of aromatic nitrogens is 2. The van der Waals surface area contributed by atoms with E-state index in [-0.39, 0.29) is 11.6 Å². The van der Waals surface area contributed by atoms with Crippen LogP contribution in [0.4, 0.5) is 5.82 Å². The summed E-state index contributed by atoms with van der Waals surface area (Å²) in [6.45, 7) is 11.8. The van der Waals surface area contributed by atoms with Gasteiger partial charge in [0.1, 0.15) is 5.82 Å². The Kier molecular flexibility index (Phi) is 11.7. The third-order valence-corrected chi connectivity index (χ3v) is 3.56. The van der Waals surface area contributed by atoms with Crippen molar-refractivity contribution < 1.29 is 18.9 Å². The molecule has 0 unspecified atom stereocenters. The third kappa shape index (κ3) is 8.78. The van der Waals surface area contributed by atoms with Crippen LogP contribution in [0.2, 0.25) is 5.28 Å². The summed E-state index contributed by atoms with van der Waals surface area (Å²) in [7, 11) is 0. The lowest BCUT2D eigenvalue weighted by atomic mass is 10.2. The molecule has 0 aromatic carbocycles. The number of nitrogens with zero attached hydrogens (tertiary/aromatic N) is 2. The van der Waals surface area contributed by atoms with E-state index in [9.17, 15) is 0 Å². The van der Waals surface area contributed by atoms with Crippen LogP contribution in [0.3, 0.4) is 0 Å². The van der Waals surface area contributed by atoms with Gasteiger partial charge in [0, 0.05) is 44.0 Å². The molecule has 8 heteroatoms. The molecule has 0 aliphatic carbocycles. The topological polar surface area (TPSA) is 74.7 Å². The van der Waals surface area contributed by atoms with Crippen LogP contribution < -0.4 is 5.32 Å². The van der Waals surface area contributed by atoms with Crippen LogP contribution in [0.25, 0.3) is 0 Å². The van der Waals surface area contributed by atoms with E-state index in [1.807, 2.05) is 27.7 Å². The van der Waals surface area contributed by atoms with E-state index in [0.717, 1.165) is 11.3 Å². The molecular weight excluding hydrogens is 346 g/mol. The summed E-state index contributed by atoms with van der Waals surface area (Å²) in [5.41, 5.74) is 1.69. The Morgan fingerprint density at radius 3 is 2.32 bits per heavy atom. The minimum Gasteiger partial charge on any atom is -0.379 e. The molecule has 1 aromatic rings. The smallest absolute Gasteiger partial charge is 0.224 e. The van der Waals surface area contributed by atoms with Gasteiger partial charge in [-0.2, -0.15) is 0 Å². The van der Waals surface area contributed by atoms with Crippen LogP contribution in [-0.4, -0.2) is 55.8 Å². The van der Waals surface area contributed by atoms with Crippen molar-refractivity contribution in [2.24, 2.45) is 0 Å². The molecule has 7 nitrogen and oxygen atoms in total. The molecule has 0 saturated heterocycles. The number of anilines is 1. The minimum absolute atomic E-state index is 0.212. The Labute approximate surface area is 155 Å². The van der Waals surface area contributed by atoms with Gasteiger partial charge in [-0.1, -0.05) is 0 Å². The molecule has 25 heavy (non-hydrogen) atoms. The molecule has 1 aromatic heterocycles. The number of rotatable bonds is 14. The standard InChI is InChI=1S/C17H30ClN3O4/c1-5-22-10-11-23-12-14-13(4)20-17(18)21-16(14)19-9-8-15(24-6-2)25-7-3/h15H,5-12H2,1-4H3,(H,19,20,21). The third-order valence-electron chi connectivity index (χ3n) is 3.39. The van der Waals surface area contributed by atoms with Crippen LogP contribution in [-0.2, 0) is 25.6 Å². The second-order valence-electron chi connectivity index (χ2n) is 5.21. The van der Waals surface area contributed by atoms with Gasteiger partial charge >= 0.3 is 0 Å². The first-order valence-corrected chi connectivity index (χ1v) is 9.15. The van der Waals surface area contributed by atoms with Crippen LogP contribution in [0, 0.1) is 6.92 Å². The highest BCUT2D eigenvalue weighted by Crippen LogP contribution is 2.20. The van der Waals surface area contributed by atoms with Crippen LogP contribution in [0.1, 0.15) is 38.4 Å². The predicted molar refractivity (Wildman–Crippen MR) is 98.1 cm³/mol. The van der Waals surface area contributed by atoms with Gasteiger partial charge in [0.2, 0.25) is 5.28 Å². The lowest BCUT2D eigenvalue weighted by Crippen LogP contribution is -2.22. The molecule has 0 spiro atoms. The fourth-order valence-corrected chi connectivity index (χ4v) is 2.42. The number of aryl methyl sites for hydroxylation is 1. The lowest BCUT2D eigenvalue weighted by Gasteiger charge is -2.18. The number of halogens is 1. The van der Waals surface area contributed by atoms with Crippen molar-refractivity contribution in [3.8, 4) is 0 Å². The first-order chi connectivity index (χ1) is 12.1. The Morgan fingerprint density at radius 2 is 1.68 bits per heavy atom. The van der Waals surface area contributed by atoms with E-state index >= 15 is 0 Å². The second kappa shape index (κ2) is 13.2. The first-order valence-electron chi connectivity index (χ1n) is 8.77. The van der Waals surface area contributed by atoms with E-state index in [0.29, 0.717) is 58.4 Å². The molecule has 0 bridgehead atoms. The normalized spacial score (nSPS) is 11.3. The predicted octanol–water partition coefficient (Wildman–Crippen LogP) is 3.19. The van der Waals surface area contributed by atoms with Crippen molar-refractivity contribution >= 4 is 17.4 Å². The summed E-state index contributed by atoms with van der Waals surface area (Å²) in [4.78, 5) is 8.49. The van der Waals surface area contributed by atoms with Gasteiger partial charge < -0.3 is 24.3 Å². The van der Waals surface area contributed by atoms with Gasteiger partial charge in [0.15, 0.2) is 6.29 Å². The molecule has 0 radical (unpaired) electrons. The molecule has 144 valence electrons. The van der Waals surface area contributed by atoms with Crippen molar-refractivity contribution in [2.75, 3.05) is 44.9 Å². The van der Waals surface area contributed by atoms with E-state index in [2.05, 4.69) is 15.3 Å². The van der Waals surface area contributed by atoms with Crippen molar-refractivity contribution in [3.63, 3.8) is 0 Å². The van der Waals surface area contributed by atoms with Crippen LogP contribution in [0.5, 0.6) is 0 Å². The number of hydrogen-bond acceptors (Lipinski definition) is 7. The van der Waals surface area contributed by atoms with Gasteiger partial charge in [-0.3, -0.25) is 0 Å². The Hall–Kier alpha value is -0.990. The summed E-state index contributed by atoms with van der Waals surface area (Å²) >= 11 is 5.99. The maximum absolute atomic E-state index is 5.99. The van der Waals surface area contributed by atoms with Gasteiger partial charge in [-0.05, 0) is 39.3 Å². The van der Waals surface area contributed by atoms with Gasteiger partial charge in [0.05, 0.1) is 19.8 Å². The maximum Gasteiger partial charge on any atom is 0.224 e. The van der Waals surface area contributed by atoms with Crippen molar-refractivity contribution in [1.29, 1.82) is 0 Å². The summed E-state index contributed by atoms with van der Waals surface area (Å²) in [5, 5.41) is 3.50. The zero-order valence-electron chi connectivity index (χ0n) is 15.6. The van der Waals surface area contributed by atoms with Gasteiger partial charge in [0.25, 0.3) is 0 Å². The van der Waals surface area contributed by atoms with Crippen molar-refractivity contribution in [3.05, 3.63) is 16.5 Å². The molecule has 1 heterocycles. The van der Waals surface area contributed by atoms with Crippen LogP contribution >= 0.6 is 11.6 Å². The zero-order valence-corrected chi connectivity index (χ0v) is 16.4. The fraction of sp³-hybridized carbons (Fsp3) is 0.765. The molecule has 1 rings (SSSR count). The highest BCUT2D eigenvalue weighted by molar-refractivity contribution is 6.28. The minimum atomic E-state index is -0.230. The average molecular weight is 376 g/mol. The highest BCUT2D eigenvalue weighted by atomic mass is 35.5. The highest BCUT2D eigenvalue weighted by Gasteiger charge is 2.13. The largest absolute Gasteiger partial charge is 0.379 e. The quantitative estimate of drug-likeness (QED) is 0.304. The van der Waals surface area contributed by atoms with Crippen LogP contribution in [0.15, 0.2) is 0 Å². The van der Waals surface area contributed by atoms with Crippen molar-refractivity contribution in [2.45, 2.75) is 47.0 Å².